The van der Waals surface area contributed by atoms with E-state index in [-0.39, 0.29) is 56.8 Å². The van der Waals surface area contributed by atoms with E-state index in [1.807, 2.05) is 29.2 Å². The molecule has 42 heavy (non-hydrogen) atoms. The number of piperidine rings is 1. The fourth-order valence-electron chi connectivity index (χ4n) is 6.85. The Balaban J connectivity index is 1.39. The molecule has 2 fully saturated rings. The molecule has 0 aromatic heterocycles. The van der Waals surface area contributed by atoms with Crippen LogP contribution in [0.4, 0.5) is 17.1 Å². The van der Waals surface area contributed by atoms with Crippen molar-refractivity contribution in [2.75, 3.05) is 11.9 Å². The molecule has 1 saturated heterocycles. The summed E-state index contributed by atoms with van der Waals surface area (Å²) in [7, 11) is 0. The highest BCUT2D eigenvalue weighted by Crippen LogP contribution is 2.58. The molecule has 0 bridgehead atoms. The lowest BCUT2D eigenvalue weighted by molar-refractivity contribution is -0.387. The molecule has 0 radical (unpaired) electrons. The minimum absolute atomic E-state index is 0.0114. The Morgan fingerprint density at radius 1 is 1.02 bits per heavy atom. The van der Waals surface area contributed by atoms with E-state index in [0.717, 1.165) is 42.6 Å². The number of fused-ring (bicyclic) bond motifs is 3. The molecule has 6 atom stereocenters. The van der Waals surface area contributed by atoms with E-state index >= 15 is 0 Å². The number of nitro groups is 2. The Morgan fingerprint density at radius 2 is 1.83 bits per heavy atom. The summed E-state index contributed by atoms with van der Waals surface area (Å²) < 4.78 is 0. The fraction of sp³-hybridized carbons (Fsp3) is 0.387. The molecule has 3 aliphatic rings. The lowest BCUT2D eigenvalue weighted by Gasteiger charge is -2.39. The van der Waals surface area contributed by atoms with Crippen LogP contribution in [0.1, 0.15) is 66.1 Å². The Labute approximate surface area is 252 Å². The summed E-state index contributed by atoms with van der Waals surface area (Å²) in [5.41, 5.74) is 3.25. The van der Waals surface area contributed by atoms with Gasteiger partial charge in [-0.3, -0.25) is 25.0 Å². The summed E-state index contributed by atoms with van der Waals surface area (Å²) in [5.74, 6) is -0.210. The van der Waals surface area contributed by atoms with Gasteiger partial charge in [0.1, 0.15) is 0 Å². The summed E-state index contributed by atoms with van der Waals surface area (Å²) in [6.45, 7) is 2.83. The van der Waals surface area contributed by atoms with Crippen LogP contribution in [0, 0.1) is 26.1 Å². The Morgan fingerprint density at radius 3 is 2.60 bits per heavy atom. The number of non-ortho nitro benzene ring substituents is 1. The van der Waals surface area contributed by atoms with Gasteiger partial charge in [0, 0.05) is 53.2 Å². The first-order chi connectivity index (χ1) is 20.2. The van der Waals surface area contributed by atoms with E-state index in [4.69, 9.17) is 11.6 Å². The lowest BCUT2D eigenvalue weighted by atomic mass is 9.76. The summed E-state index contributed by atoms with van der Waals surface area (Å²) in [5, 5.41) is 26.4. The molecule has 1 aliphatic carbocycles. The van der Waals surface area contributed by atoms with Gasteiger partial charge >= 0.3 is 0 Å². The number of para-hydroxylation sites is 1. The van der Waals surface area contributed by atoms with E-state index in [0.29, 0.717) is 16.9 Å². The quantitative estimate of drug-likeness (QED) is 0.175. The first-order valence-electron chi connectivity index (χ1n) is 14.2. The molecule has 3 aromatic carbocycles. The fourth-order valence-corrected chi connectivity index (χ4v) is 8.79. The molecule has 11 heteroatoms. The molecule has 3 aromatic rings. The van der Waals surface area contributed by atoms with Crippen molar-refractivity contribution in [2.24, 2.45) is 5.92 Å². The zero-order chi connectivity index (χ0) is 29.5. The van der Waals surface area contributed by atoms with Crippen molar-refractivity contribution in [1.29, 1.82) is 0 Å². The number of carbonyl (C=O) groups excluding carboxylic acids is 1. The molecule has 0 spiro atoms. The lowest BCUT2D eigenvalue weighted by Crippen LogP contribution is -2.42. The predicted octanol–water partition coefficient (Wildman–Crippen LogP) is 7.56. The first kappa shape index (κ1) is 28.5. The number of nitrogens with one attached hydrogen (secondary N) is 1. The molecule has 218 valence electrons. The second-order valence-corrected chi connectivity index (χ2v) is 13.2. The van der Waals surface area contributed by atoms with Crippen LogP contribution in [-0.2, 0) is 0 Å². The molecular formula is C31H31ClN4O5S. The van der Waals surface area contributed by atoms with Gasteiger partial charge in [0.15, 0.2) is 0 Å². The van der Waals surface area contributed by atoms with Crippen LogP contribution < -0.4 is 5.32 Å². The molecule has 2 aliphatic heterocycles. The number of thioether (sulfide) groups is 1. The van der Waals surface area contributed by atoms with Gasteiger partial charge in [0.25, 0.3) is 17.3 Å². The number of hydrogen-bond donors (Lipinski definition) is 1. The molecule has 1 amide bonds. The van der Waals surface area contributed by atoms with Gasteiger partial charge in [0.2, 0.25) is 0 Å². The van der Waals surface area contributed by atoms with Crippen molar-refractivity contribution < 1.29 is 14.6 Å². The van der Waals surface area contributed by atoms with Gasteiger partial charge < -0.3 is 10.2 Å². The minimum atomic E-state index is -0.399. The number of hydrogen-bond acceptors (Lipinski definition) is 7. The third-order valence-corrected chi connectivity index (χ3v) is 11.0. The van der Waals surface area contributed by atoms with Crippen LogP contribution in [0.25, 0.3) is 0 Å². The average Bonchev–Trinajstić information content (AvgIpc) is 3.32. The minimum Gasteiger partial charge on any atom is -0.378 e. The number of halogens is 1. The summed E-state index contributed by atoms with van der Waals surface area (Å²) in [6.07, 6.45) is 3.74. The third-order valence-electron chi connectivity index (χ3n) is 8.91. The van der Waals surface area contributed by atoms with Crippen molar-refractivity contribution in [1.82, 2.24) is 4.90 Å². The Hall–Kier alpha value is -3.63. The average molecular weight is 607 g/mol. The molecule has 1 N–H and O–H groups in total. The predicted molar refractivity (Wildman–Crippen MR) is 163 cm³/mol. The molecule has 1 saturated carbocycles. The third kappa shape index (κ3) is 5.22. The van der Waals surface area contributed by atoms with Crippen molar-refractivity contribution in [2.45, 2.75) is 66.1 Å². The standard InChI is InChI=1S/C31H31ClN4O5S/c1-18-7-4-5-14-34(18)31(37)20-12-13-24-22(16-20)28-23(30(33-24)19-8-6-9-21(15-19)35(38)39)17-27(29(28)32)42-26-11-3-2-10-25(26)36(40)41/h2-3,6,8-13,15-16,18,23,27-30,33H,4-5,7,14,17H2,1H3/t18-,23-,27-,28+,29-,30+/m1/s1. The van der Waals surface area contributed by atoms with Gasteiger partial charge in [-0.1, -0.05) is 24.3 Å². The van der Waals surface area contributed by atoms with Gasteiger partial charge in [0.05, 0.1) is 26.2 Å². The molecule has 0 unspecified atom stereocenters. The molecule has 2 heterocycles. The first-order valence-corrected chi connectivity index (χ1v) is 15.5. The normalized spacial score (nSPS) is 26.6. The zero-order valence-corrected chi connectivity index (χ0v) is 24.6. The number of nitro benzene ring substituents is 2. The number of amides is 1. The Bertz CT molecular complexity index is 1550. The molecule has 9 nitrogen and oxygen atoms in total. The van der Waals surface area contributed by atoms with Crippen LogP contribution >= 0.6 is 23.4 Å². The Kier molecular flexibility index (Phi) is 7.85. The summed E-state index contributed by atoms with van der Waals surface area (Å²) >= 11 is 8.69. The highest BCUT2D eigenvalue weighted by atomic mass is 35.5. The molecule has 6 rings (SSSR count). The number of rotatable bonds is 6. The van der Waals surface area contributed by atoms with Crippen molar-refractivity contribution in [3.8, 4) is 0 Å². The number of nitrogens with zero attached hydrogens (tertiary/aromatic N) is 3. The maximum Gasteiger partial charge on any atom is 0.282 e. The number of likely N-dealkylation sites (tertiary alicyclic amines) is 1. The van der Waals surface area contributed by atoms with Crippen molar-refractivity contribution in [3.05, 3.63) is 104 Å². The van der Waals surface area contributed by atoms with Gasteiger partial charge in [-0.05, 0) is 73.9 Å². The van der Waals surface area contributed by atoms with E-state index in [1.165, 1.54) is 23.9 Å². The van der Waals surface area contributed by atoms with Gasteiger partial charge in [-0.15, -0.1) is 23.4 Å². The van der Waals surface area contributed by atoms with Crippen LogP contribution in [0.2, 0.25) is 0 Å². The second-order valence-electron chi connectivity index (χ2n) is 11.4. The number of alkyl halides is 1. The van der Waals surface area contributed by atoms with Crippen LogP contribution in [0.5, 0.6) is 0 Å². The van der Waals surface area contributed by atoms with Crippen LogP contribution in [0.3, 0.4) is 0 Å². The van der Waals surface area contributed by atoms with Crippen LogP contribution in [0.15, 0.2) is 71.6 Å². The van der Waals surface area contributed by atoms with Crippen molar-refractivity contribution >= 4 is 46.3 Å². The van der Waals surface area contributed by atoms with E-state index in [1.54, 1.807) is 30.3 Å². The topological polar surface area (TPSA) is 119 Å². The smallest absolute Gasteiger partial charge is 0.282 e. The summed E-state index contributed by atoms with van der Waals surface area (Å²) in [6, 6.07) is 19.0. The largest absolute Gasteiger partial charge is 0.378 e. The van der Waals surface area contributed by atoms with E-state index < -0.39 is 4.92 Å². The number of anilines is 1. The SMILES string of the molecule is C[C@@H]1CCCCN1C(=O)c1ccc2c(c1)[C@@H]1[C@H](Cl)[C@H](Sc3ccccc3[N+](=O)[O-])C[C@H]1[C@H](c1cccc([N+](=O)[O-])c1)N2. The molecular weight excluding hydrogens is 576 g/mol. The monoisotopic (exact) mass is 606 g/mol. The summed E-state index contributed by atoms with van der Waals surface area (Å²) in [4.78, 5) is 38.6. The maximum absolute atomic E-state index is 13.6. The van der Waals surface area contributed by atoms with Gasteiger partial charge in [-0.25, -0.2) is 0 Å². The van der Waals surface area contributed by atoms with E-state index in [9.17, 15) is 25.0 Å². The van der Waals surface area contributed by atoms with Crippen LogP contribution in [-0.4, -0.2) is 43.9 Å². The zero-order valence-electron chi connectivity index (χ0n) is 23.0. The number of carbonyl (C=O) groups is 1. The highest BCUT2D eigenvalue weighted by molar-refractivity contribution is 8.00. The second kappa shape index (κ2) is 11.6. The van der Waals surface area contributed by atoms with E-state index in [2.05, 4.69) is 12.2 Å². The number of benzene rings is 3. The maximum atomic E-state index is 13.6. The highest BCUT2D eigenvalue weighted by Gasteiger charge is 2.50. The van der Waals surface area contributed by atoms with Crippen molar-refractivity contribution in [3.63, 3.8) is 0 Å². The van der Waals surface area contributed by atoms with Gasteiger partial charge in [-0.2, -0.15) is 0 Å².